The highest BCUT2D eigenvalue weighted by Gasteiger charge is 2.24. The van der Waals surface area contributed by atoms with E-state index in [0.717, 1.165) is 19.4 Å². The Morgan fingerprint density at radius 3 is 2.80 bits per heavy atom. The van der Waals surface area contributed by atoms with Crippen molar-refractivity contribution in [3.05, 3.63) is 0 Å². The van der Waals surface area contributed by atoms with Gasteiger partial charge in [0, 0.05) is 18.7 Å². The highest BCUT2D eigenvalue weighted by molar-refractivity contribution is 4.82. The van der Waals surface area contributed by atoms with Crippen molar-refractivity contribution in [2.75, 3.05) is 19.7 Å². The number of unbranched alkanes of at least 4 members (excludes halogenated alkanes) is 2. The number of rotatable bonds is 6. The van der Waals surface area contributed by atoms with Gasteiger partial charge in [0.05, 0.1) is 0 Å². The lowest BCUT2D eigenvalue weighted by Gasteiger charge is -2.38. The molecule has 0 saturated carbocycles. The first kappa shape index (κ1) is 12.9. The van der Waals surface area contributed by atoms with Crippen LogP contribution in [0, 0.1) is 0 Å². The van der Waals surface area contributed by atoms with Crippen LogP contribution in [0.1, 0.15) is 45.4 Å². The Hall–Kier alpha value is -0.120. The molecule has 0 radical (unpaired) electrons. The first-order chi connectivity index (χ1) is 7.25. The minimum Gasteiger partial charge on any atom is -0.396 e. The normalized spacial score (nSPS) is 25.4. The zero-order valence-electron chi connectivity index (χ0n) is 9.99. The van der Waals surface area contributed by atoms with Gasteiger partial charge in [0.2, 0.25) is 0 Å². The van der Waals surface area contributed by atoms with Crippen LogP contribution in [0.3, 0.4) is 0 Å². The number of aliphatic hydroxyl groups excluding tert-OH is 1. The predicted molar refractivity (Wildman–Crippen MR) is 63.8 cm³/mol. The Balaban J connectivity index is 2.23. The maximum Gasteiger partial charge on any atom is 0.0431 e. The van der Waals surface area contributed by atoms with Gasteiger partial charge in [-0.3, -0.25) is 4.90 Å². The van der Waals surface area contributed by atoms with Crippen molar-refractivity contribution in [3.63, 3.8) is 0 Å². The predicted octanol–water partition coefficient (Wildman–Crippen LogP) is 1.35. The standard InChI is InChI=1S/C12H26N2O/c1-11(13)12-7-3-5-9-14(12)8-4-2-6-10-15/h11-12,15H,2-10,13H2,1H3. The number of nitrogens with zero attached hydrogens (tertiary/aromatic N) is 1. The summed E-state index contributed by atoms with van der Waals surface area (Å²) in [5, 5.41) is 8.71. The third-order valence-corrected chi connectivity index (χ3v) is 3.37. The summed E-state index contributed by atoms with van der Waals surface area (Å²) in [6, 6.07) is 0.885. The molecule has 2 unspecified atom stereocenters. The minimum atomic E-state index is 0.295. The summed E-state index contributed by atoms with van der Waals surface area (Å²) in [7, 11) is 0. The molecule has 90 valence electrons. The zero-order valence-corrected chi connectivity index (χ0v) is 9.99. The second kappa shape index (κ2) is 7.20. The van der Waals surface area contributed by atoms with E-state index in [4.69, 9.17) is 10.8 Å². The van der Waals surface area contributed by atoms with Crippen LogP contribution in [0.15, 0.2) is 0 Å². The molecule has 0 bridgehead atoms. The number of piperidine rings is 1. The average Bonchev–Trinajstić information content (AvgIpc) is 2.25. The molecule has 1 saturated heterocycles. The summed E-state index contributed by atoms with van der Waals surface area (Å²) in [5.74, 6) is 0. The highest BCUT2D eigenvalue weighted by atomic mass is 16.2. The van der Waals surface area contributed by atoms with Gasteiger partial charge in [-0.2, -0.15) is 0 Å². The Bertz CT molecular complexity index is 162. The van der Waals surface area contributed by atoms with E-state index in [1.54, 1.807) is 0 Å². The van der Waals surface area contributed by atoms with Gasteiger partial charge in [0.15, 0.2) is 0 Å². The van der Waals surface area contributed by atoms with Crippen molar-refractivity contribution in [2.45, 2.75) is 57.5 Å². The fourth-order valence-electron chi connectivity index (χ4n) is 2.49. The summed E-state index contributed by atoms with van der Waals surface area (Å²) in [6.45, 7) is 4.82. The monoisotopic (exact) mass is 214 g/mol. The first-order valence-electron chi connectivity index (χ1n) is 6.36. The van der Waals surface area contributed by atoms with Gasteiger partial charge in [0.25, 0.3) is 0 Å². The maximum absolute atomic E-state index is 8.71. The van der Waals surface area contributed by atoms with Crippen molar-refractivity contribution < 1.29 is 5.11 Å². The van der Waals surface area contributed by atoms with E-state index in [9.17, 15) is 0 Å². The van der Waals surface area contributed by atoms with Crippen LogP contribution in [-0.2, 0) is 0 Å². The SMILES string of the molecule is CC(N)C1CCCCN1CCCCCO. The molecule has 0 spiro atoms. The molecule has 0 aromatic rings. The molecule has 1 fully saturated rings. The molecule has 0 aromatic heterocycles. The second-order valence-electron chi connectivity index (χ2n) is 4.74. The number of nitrogens with two attached hydrogens (primary N) is 1. The summed E-state index contributed by atoms with van der Waals surface area (Å²) < 4.78 is 0. The molecular weight excluding hydrogens is 188 g/mol. The Morgan fingerprint density at radius 2 is 2.13 bits per heavy atom. The Kier molecular flexibility index (Phi) is 6.22. The van der Waals surface area contributed by atoms with Gasteiger partial charge in [0.1, 0.15) is 0 Å². The van der Waals surface area contributed by atoms with Crippen molar-refractivity contribution in [2.24, 2.45) is 5.73 Å². The van der Waals surface area contributed by atoms with Crippen molar-refractivity contribution in [3.8, 4) is 0 Å². The quantitative estimate of drug-likeness (QED) is 0.656. The molecule has 3 heteroatoms. The van der Waals surface area contributed by atoms with Gasteiger partial charge >= 0.3 is 0 Å². The van der Waals surface area contributed by atoms with Crippen LogP contribution in [-0.4, -0.2) is 41.8 Å². The number of likely N-dealkylation sites (tertiary alicyclic amines) is 1. The van der Waals surface area contributed by atoms with Crippen LogP contribution in [0.4, 0.5) is 0 Å². The van der Waals surface area contributed by atoms with E-state index in [2.05, 4.69) is 11.8 Å². The first-order valence-corrected chi connectivity index (χ1v) is 6.36. The molecule has 2 atom stereocenters. The van der Waals surface area contributed by atoms with E-state index in [1.165, 1.54) is 32.2 Å². The third kappa shape index (κ3) is 4.49. The molecule has 1 heterocycles. The van der Waals surface area contributed by atoms with Crippen LogP contribution >= 0.6 is 0 Å². The maximum atomic E-state index is 8.71. The van der Waals surface area contributed by atoms with E-state index < -0.39 is 0 Å². The molecule has 1 aliphatic rings. The van der Waals surface area contributed by atoms with Crippen LogP contribution in [0.25, 0.3) is 0 Å². The fourth-order valence-corrected chi connectivity index (χ4v) is 2.49. The number of aliphatic hydroxyl groups is 1. The molecule has 1 aliphatic heterocycles. The molecule has 0 amide bonds. The molecule has 0 aliphatic carbocycles. The lowest BCUT2D eigenvalue weighted by molar-refractivity contribution is 0.127. The lowest BCUT2D eigenvalue weighted by atomic mass is 9.96. The average molecular weight is 214 g/mol. The van der Waals surface area contributed by atoms with Gasteiger partial charge in [-0.25, -0.2) is 0 Å². The Morgan fingerprint density at radius 1 is 1.33 bits per heavy atom. The lowest BCUT2D eigenvalue weighted by Crippen LogP contribution is -2.49. The van der Waals surface area contributed by atoms with Gasteiger partial charge < -0.3 is 10.8 Å². The molecular formula is C12H26N2O. The van der Waals surface area contributed by atoms with Gasteiger partial charge in [-0.15, -0.1) is 0 Å². The molecule has 3 N–H and O–H groups in total. The van der Waals surface area contributed by atoms with Crippen LogP contribution in [0.2, 0.25) is 0 Å². The molecule has 0 aromatic carbocycles. The summed E-state index contributed by atoms with van der Waals surface area (Å²) in [4.78, 5) is 2.55. The van der Waals surface area contributed by atoms with Gasteiger partial charge in [-0.1, -0.05) is 6.42 Å². The second-order valence-corrected chi connectivity index (χ2v) is 4.74. The largest absolute Gasteiger partial charge is 0.396 e. The zero-order chi connectivity index (χ0) is 11.1. The summed E-state index contributed by atoms with van der Waals surface area (Å²) >= 11 is 0. The highest BCUT2D eigenvalue weighted by Crippen LogP contribution is 2.19. The summed E-state index contributed by atoms with van der Waals surface area (Å²) in [5.41, 5.74) is 6.01. The van der Waals surface area contributed by atoms with E-state index >= 15 is 0 Å². The van der Waals surface area contributed by atoms with Crippen molar-refractivity contribution >= 4 is 0 Å². The van der Waals surface area contributed by atoms with E-state index in [0.29, 0.717) is 18.7 Å². The van der Waals surface area contributed by atoms with E-state index in [1.807, 2.05) is 0 Å². The minimum absolute atomic E-state index is 0.295. The van der Waals surface area contributed by atoms with Crippen molar-refractivity contribution in [1.29, 1.82) is 0 Å². The van der Waals surface area contributed by atoms with Crippen LogP contribution < -0.4 is 5.73 Å². The smallest absolute Gasteiger partial charge is 0.0431 e. The van der Waals surface area contributed by atoms with Crippen molar-refractivity contribution in [1.82, 2.24) is 4.90 Å². The molecule has 15 heavy (non-hydrogen) atoms. The molecule has 1 rings (SSSR count). The fraction of sp³-hybridized carbons (Fsp3) is 1.00. The summed E-state index contributed by atoms with van der Waals surface area (Å²) in [6.07, 6.45) is 7.19. The third-order valence-electron chi connectivity index (χ3n) is 3.37. The number of hydrogen-bond donors (Lipinski definition) is 2. The van der Waals surface area contributed by atoms with E-state index in [-0.39, 0.29) is 0 Å². The number of hydrogen-bond acceptors (Lipinski definition) is 3. The topological polar surface area (TPSA) is 49.5 Å². The Labute approximate surface area is 93.6 Å². The van der Waals surface area contributed by atoms with Gasteiger partial charge in [-0.05, 0) is 52.1 Å². The molecule has 3 nitrogen and oxygen atoms in total. The van der Waals surface area contributed by atoms with Crippen LogP contribution in [0.5, 0.6) is 0 Å².